The number of hydrogen-bond donors (Lipinski definition) is 3. The lowest BCUT2D eigenvalue weighted by molar-refractivity contribution is 0.0935. The van der Waals surface area contributed by atoms with E-state index in [4.69, 9.17) is 0 Å². The van der Waals surface area contributed by atoms with E-state index in [0.717, 1.165) is 24.8 Å². The molecule has 2 aromatic rings. The molecular weight excluding hydrogens is 328 g/mol. The zero-order chi connectivity index (χ0) is 17.3. The molecule has 1 aliphatic rings. The standard InChI is InChI=1S/C16H20N4O3S/c1-10(12-5-3-4-6-13(12)20-24(2,22)23)17-16(21)15-9-14(18-19-15)11-7-8-11/h3-6,9-11,20H,7-8H2,1-2H3,(H,17,21)(H,18,19). The van der Waals surface area contributed by atoms with Crippen LogP contribution in [0.1, 0.15) is 53.5 Å². The number of para-hydroxylation sites is 1. The van der Waals surface area contributed by atoms with E-state index >= 15 is 0 Å². The number of carbonyl (C=O) groups excluding carboxylic acids is 1. The predicted octanol–water partition coefficient (Wildman–Crippen LogP) is 2.15. The molecule has 1 heterocycles. The Morgan fingerprint density at radius 3 is 2.71 bits per heavy atom. The first kappa shape index (κ1) is 16.5. The number of carbonyl (C=O) groups is 1. The molecule has 1 atom stereocenters. The summed E-state index contributed by atoms with van der Waals surface area (Å²) in [6, 6.07) is 8.38. The van der Waals surface area contributed by atoms with E-state index in [2.05, 4.69) is 20.2 Å². The predicted molar refractivity (Wildman–Crippen MR) is 91.4 cm³/mol. The molecule has 0 saturated heterocycles. The van der Waals surface area contributed by atoms with Crippen molar-refractivity contribution in [1.29, 1.82) is 0 Å². The zero-order valence-electron chi connectivity index (χ0n) is 13.5. The van der Waals surface area contributed by atoms with Gasteiger partial charge < -0.3 is 5.32 Å². The average molecular weight is 348 g/mol. The second kappa shape index (κ2) is 6.27. The van der Waals surface area contributed by atoms with E-state index in [1.165, 1.54) is 0 Å². The quantitative estimate of drug-likeness (QED) is 0.744. The van der Waals surface area contributed by atoms with Crippen LogP contribution in [0.25, 0.3) is 0 Å². The maximum atomic E-state index is 12.3. The van der Waals surface area contributed by atoms with Gasteiger partial charge in [-0.15, -0.1) is 0 Å². The first-order valence-corrected chi connectivity index (χ1v) is 9.65. The SMILES string of the molecule is CC(NC(=O)c1cc(C2CC2)[nH]n1)c1ccccc1NS(C)(=O)=O. The minimum atomic E-state index is -3.39. The Morgan fingerprint density at radius 2 is 2.04 bits per heavy atom. The lowest BCUT2D eigenvalue weighted by Crippen LogP contribution is -2.27. The number of hydrogen-bond acceptors (Lipinski definition) is 4. The number of amides is 1. The van der Waals surface area contributed by atoms with Gasteiger partial charge in [-0.05, 0) is 37.5 Å². The number of H-pyrrole nitrogens is 1. The van der Waals surface area contributed by atoms with Crippen LogP contribution in [0.2, 0.25) is 0 Å². The van der Waals surface area contributed by atoms with Crippen molar-refractivity contribution >= 4 is 21.6 Å². The molecule has 128 valence electrons. The minimum absolute atomic E-state index is 0.292. The molecule has 1 unspecified atom stereocenters. The summed E-state index contributed by atoms with van der Waals surface area (Å²) in [5.41, 5.74) is 2.48. The van der Waals surface area contributed by atoms with Crippen molar-refractivity contribution in [2.75, 3.05) is 11.0 Å². The summed E-state index contributed by atoms with van der Waals surface area (Å²) in [4.78, 5) is 12.3. The van der Waals surface area contributed by atoms with Crippen molar-refractivity contribution in [1.82, 2.24) is 15.5 Å². The highest BCUT2D eigenvalue weighted by Crippen LogP contribution is 2.39. The molecule has 1 aromatic heterocycles. The zero-order valence-corrected chi connectivity index (χ0v) is 14.4. The number of benzene rings is 1. The molecule has 1 amide bonds. The highest BCUT2D eigenvalue weighted by molar-refractivity contribution is 7.92. The summed E-state index contributed by atoms with van der Waals surface area (Å²) in [7, 11) is -3.39. The Labute approximate surface area is 140 Å². The van der Waals surface area contributed by atoms with Crippen LogP contribution in [0.4, 0.5) is 5.69 Å². The van der Waals surface area contributed by atoms with E-state index in [1.807, 2.05) is 0 Å². The number of aromatic amines is 1. The van der Waals surface area contributed by atoms with Crippen molar-refractivity contribution in [3.05, 3.63) is 47.3 Å². The lowest BCUT2D eigenvalue weighted by Gasteiger charge is -2.17. The van der Waals surface area contributed by atoms with Gasteiger partial charge in [-0.2, -0.15) is 5.10 Å². The van der Waals surface area contributed by atoms with Gasteiger partial charge in [-0.25, -0.2) is 8.42 Å². The maximum absolute atomic E-state index is 12.3. The first-order valence-electron chi connectivity index (χ1n) is 7.76. The smallest absolute Gasteiger partial charge is 0.272 e. The van der Waals surface area contributed by atoms with Gasteiger partial charge in [0.25, 0.3) is 5.91 Å². The molecule has 7 nitrogen and oxygen atoms in total. The second-order valence-electron chi connectivity index (χ2n) is 6.14. The van der Waals surface area contributed by atoms with E-state index in [9.17, 15) is 13.2 Å². The van der Waals surface area contributed by atoms with Crippen LogP contribution >= 0.6 is 0 Å². The van der Waals surface area contributed by atoms with Crippen molar-refractivity contribution in [2.24, 2.45) is 0 Å². The van der Waals surface area contributed by atoms with Gasteiger partial charge in [0.15, 0.2) is 0 Å². The average Bonchev–Trinajstić information content (AvgIpc) is 3.23. The molecule has 1 saturated carbocycles. The van der Waals surface area contributed by atoms with Crippen molar-refractivity contribution in [2.45, 2.75) is 31.7 Å². The number of sulfonamides is 1. The van der Waals surface area contributed by atoms with Gasteiger partial charge in [-0.1, -0.05) is 18.2 Å². The summed E-state index contributed by atoms with van der Waals surface area (Å²) in [5.74, 6) is 0.205. The summed E-state index contributed by atoms with van der Waals surface area (Å²) in [6.07, 6.45) is 3.35. The summed E-state index contributed by atoms with van der Waals surface area (Å²) >= 11 is 0. The van der Waals surface area contributed by atoms with Crippen molar-refractivity contribution in [3.63, 3.8) is 0 Å². The highest BCUT2D eigenvalue weighted by atomic mass is 32.2. The molecule has 3 rings (SSSR count). The van der Waals surface area contributed by atoms with Crippen LogP contribution in [0, 0.1) is 0 Å². The van der Waals surface area contributed by atoms with Gasteiger partial charge >= 0.3 is 0 Å². The van der Waals surface area contributed by atoms with E-state index in [0.29, 0.717) is 22.9 Å². The molecule has 0 radical (unpaired) electrons. The molecule has 8 heteroatoms. The van der Waals surface area contributed by atoms with Crippen LogP contribution in [0.15, 0.2) is 30.3 Å². The Balaban J connectivity index is 1.74. The Morgan fingerprint density at radius 1 is 1.33 bits per heavy atom. The fourth-order valence-corrected chi connectivity index (χ4v) is 3.16. The van der Waals surface area contributed by atoms with Gasteiger partial charge in [0.1, 0.15) is 5.69 Å². The Kier molecular flexibility index (Phi) is 4.31. The molecule has 1 aromatic carbocycles. The number of aromatic nitrogens is 2. The monoisotopic (exact) mass is 348 g/mol. The number of nitrogens with zero attached hydrogens (tertiary/aromatic N) is 1. The van der Waals surface area contributed by atoms with Gasteiger partial charge in [0.05, 0.1) is 18.0 Å². The van der Waals surface area contributed by atoms with Crippen molar-refractivity contribution in [3.8, 4) is 0 Å². The lowest BCUT2D eigenvalue weighted by atomic mass is 10.1. The molecule has 3 N–H and O–H groups in total. The normalized spacial score (nSPS) is 15.8. The van der Waals surface area contributed by atoms with E-state index < -0.39 is 10.0 Å². The maximum Gasteiger partial charge on any atom is 0.272 e. The van der Waals surface area contributed by atoms with Gasteiger partial charge in [-0.3, -0.25) is 14.6 Å². The Hall–Kier alpha value is -2.35. The first-order chi connectivity index (χ1) is 11.3. The fraction of sp³-hybridized carbons (Fsp3) is 0.375. The molecule has 24 heavy (non-hydrogen) atoms. The van der Waals surface area contributed by atoms with E-state index in [1.54, 1.807) is 37.3 Å². The number of rotatable bonds is 6. The Bertz CT molecular complexity index is 856. The summed E-state index contributed by atoms with van der Waals surface area (Å²) in [5, 5.41) is 9.81. The number of anilines is 1. The third-order valence-electron chi connectivity index (χ3n) is 3.92. The third kappa shape index (κ3) is 3.94. The molecular formula is C16H20N4O3S. The molecule has 1 fully saturated rings. The van der Waals surface area contributed by atoms with Gasteiger partial charge in [0, 0.05) is 11.6 Å². The van der Waals surface area contributed by atoms with Gasteiger partial charge in [0.2, 0.25) is 10.0 Å². The van der Waals surface area contributed by atoms with Crippen LogP contribution in [-0.4, -0.2) is 30.8 Å². The second-order valence-corrected chi connectivity index (χ2v) is 7.89. The largest absolute Gasteiger partial charge is 0.344 e. The van der Waals surface area contributed by atoms with E-state index in [-0.39, 0.29) is 11.9 Å². The summed E-state index contributed by atoms with van der Waals surface area (Å²) in [6.45, 7) is 1.80. The molecule has 1 aliphatic carbocycles. The summed E-state index contributed by atoms with van der Waals surface area (Å²) < 4.78 is 25.4. The van der Waals surface area contributed by atoms with Crippen LogP contribution < -0.4 is 10.0 Å². The van der Waals surface area contributed by atoms with Crippen LogP contribution in [0.5, 0.6) is 0 Å². The molecule has 0 spiro atoms. The fourth-order valence-electron chi connectivity index (χ4n) is 2.57. The van der Waals surface area contributed by atoms with Crippen molar-refractivity contribution < 1.29 is 13.2 Å². The van der Waals surface area contributed by atoms with Crippen LogP contribution in [-0.2, 0) is 10.0 Å². The third-order valence-corrected chi connectivity index (χ3v) is 4.51. The minimum Gasteiger partial charge on any atom is -0.344 e. The molecule has 0 aliphatic heterocycles. The highest BCUT2D eigenvalue weighted by Gasteiger charge is 2.27. The molecule has 0 bridgehead atoms. The number of nitrogens with one attached hydrogen (secondary N) is 3. The topological polar surface area (TPSA) is 104 Å². The van der Waals surface area contributed by atoms with Crippen LogP contribution in [0.3, 0.4) is 0 Å².